The standard InChI is InChI=1S/C14H21N3O4.ClH/c1-4-14(15,5-2)9-16-13(18)10-6-7-11(17(19)20)12(8-10)21-3;/h6-8H,4-5,9,15H2,1-3H3,(H,16,18);1H. The van der Waals surface area contributed by atoms with Crippen LogP contribution in [0.2, 0.25) is 0 Å². The Balaban J connectivity index is 0.00000441. The third-order valence-corrected chi connectivity index (χ3v) is 3.65. The number of nitrogens with zero attached hydrogens (tertiary/aromatic N) is 1. The van der Waals surface area contributed by atoms with Crippen molar-refractivity contribution in [1.82, 2.24) is 5.32 Å². The molecule has 8 heteroatoms. The van der Waals surface area contributed by atoms with Gasteiger partial charge < -0.3 is 15.8 Å². The highest BCUT2D eigenvalue weighted by Gasteiger charge is 2.22. The zero-order chi connectivity index (χ0) is 16.0. The number of benzene rings is 1. The largest absolute Gasteiger partial charge is 0.490 e. The number of nitrogens with one attached hydrogen (secondary N) is 1. The number of methoxy groups -OCH3 is 1. The summed E-state index contributed by atoms with van der Waals surface area (Å²) < 4.78 is 4.94. The molecule has 1 rings (SSSR count). The molecule has 7 nitrogen and oxygen atoms in total. The zero-order valence-electron chi connectivity index (χ0n) is 12.9. The van der Waals surface area contributed by atoms with Crippen LogP contribution in [0.25, 0.3) is 0 Å². The second-order valence-corrected chi connectivity index (χ2v) is 4.90. The average molecular weight is 332 g/mol. The van der Waals surface area contributed by atoms with Crippen molar-refractivity contribution in [3.05, 3.63) is 33.9 Å². The first-order chi connectivity index (χ1) is 9.86. The third-order valence-electron chi connectivity index (χ3n) is 3.65. The minimum absolute atomic E-state index is 0. The van der Waals surface area contributed by atoms with Gasteiger partial charge in [0.2, 0.25) is 0 Å². The molecule has 0 aromatic heterocycles. The van der Waals surface area contributed by atoms with Crippen molar-refractivity contribution in [2.24, 2.45) is 5.73 Å². The fourth-order valence-electron chi connectivity index (χ4n) is 1.83. The topological polar surface area (TPSA) is 107 Å². The van der Waals surface area contributed by atoms with Crippen LogP contribution in [0.5, 0.6) is 5.75 Å². The van der Waals surface area contributed by atoms with Crippen molar-refractivity contribution in [3.8, 4) is 5.75 Å². The molecule has 0 fully saturated rings. The Hall–Kier alpha value is -1.86. The van der Waals surface area contributed by atoms with Crippen LogP contribution in [0.1, 0.15) is 37.0 Å². The number of halogens is 1. The summed E-state index contributed by atoms with van der Waals surface area (Å²) in [5.74, 6) is -0.280. The van der Waals surface area contributed by atoms with Crippen molar-refractivity contribution in [2.45, 2.75) is 32.2 Å². The van der Waals surface area contributed by atoms with Gasteiger partial charge in [0.25, 0.3) is 5.91 Å². The lowest BCUT2D eigenvalue weighted by molar-refractivity contribution is -0.385. The second kappa shape index (κ2) is 8.55. The van der Waals surface area contributed by atoms with Gasteiger partial charge in [-0.25, -0.2) is 0 Å². The first-order valence-electron chi connectivity index (χ1n) is 6.76. The van der Waals surface area contributed by atoms with E-state index in [0.29, 0.717) is 12.1 Å². The molecule has 0 saturated heterocycles. The molecule has 3 N–H and O–H groups in total. The molecule has 0 unspecified atom stereocenters. The molecule has 0 aliphatic rings. The van der Waals surface area contributed by atoms with E-state index in [9.17, 15) is 14.9 Å². The molecule has 0 radical (unpaired) electrons. The van der Waals surface area contributed by atoms with Gasteiger partial charge in [0, 0.05) is 29.8 Å². The maximum absolute atomic E-state index is 12.1. The van der Waals surface area contributed by atoms with E-state index >= 15 is 0 Å². The monoisotopic (exact) mass is 331 g/mol. The van der Waals surface area contributed by atoms with Crippen molar-refractivity contribution in [2.75, 3.05) is 13.7 Å². The molecular weight excluding hydrogens is 310 g/mol. The molecular formula is C14H22ClN3O4. The first-order valence-corrected chi connectivity index (χ1v) is 6.76. The van der Waals surface area contributed by atoms with Gasteiger partial charge in [-0.15, -0.1) is 12.4 Å². The summed E-state index contributed by atoms with van der Waals surface area (Å²) in [6, 6.07) is 4.00. The average Bonchev–Trinajstić information content (AvgIpc) is 2.51. The molecule has 1 amide bonds. The number of rotatable bonds is 7. The van der Waals surface area contributed by atoms with Gasteiger partial charge in [-0.05, 0) is 18.9 Å². The highest BCUT2D eigenvalue weighted by molar-refractivity contribution is 5.95. The molecule has 0 aliphatic carbocycles. The van der Waals surface area contributed by atoms with Gasteiger partial charge >= 0.3 is 5.69 Å². The van der Waals surface area contributed by atoms with E-state index in [-0.39, 0.29) is 29.8 Å². The van der Waals surface area contributed by atoms with Crippen LogP contribution in [0.3, 0.4) is 0 Å². The highest BCUT2D eigenvalue weighted by Crippen LogP contribution is 2.27. The number of amides is 1. The number of carbonyl (C=O) groups is 1. The Morgan fingerprint density at radius 3 is 2.45 bits per heavy atom. The molecule has 22 heavy (non-hydrogen) atoms. The maximum atomic E-state index is 12.1. The third kappa shape index (κ3) is 4.85. The lowest BCUT2D eigenvalue weighted by Gasteiger charge is -2.26. The van der Waals surface area contributed by atoms with E-state index in [1.165, 1.54) is 25.3 Å². The lowest BCUT2D eigenvalue weighted by Crippen LogP contribution is -2.49. The molecule has 0 bridgehead atoms. The minimum atomic E-state index is -0.556. The van der Waals surface area contributed by atoms with Crippen LogP contribution in [0.4, 0.5) is 5.69 Å². The molecule has 0 atom stereocenters. The molecule has 0 saturated carbocycles. The lowest BCUT2D eigenvalue weighted by atomic mass is 9.94. The molecule has 124 valence electrons. The van der Waals surface area contributed by atoms with Crippen molar-refractivity contribution in [3.63, 3.8) is 0 Å². The van der Waals surface area contributed by atoms with E-state index < -0.39 is 10.5 Å². The summed E-state index contributed by atoms with van der Waals surface area (Å²) >= 11 is 0. The summed E-state index contributed by atoms with van der Waals surface area (Å²) in [4.78, 5) is 22.3. The van der Waals surface area contributed by atoms with E-state index in [2.05, 4.69) is 5.32 Å². The Morgan fingerprint density at radius 1 is 1.41 bits per heavy atom. The van der Waals surface area contributed by atoms with Crippen molar-refractivity contribution < 1.29 is 14.5 Å². The first kappa shape index (κ1) is 20.1. The fraction of sp³-hybridized carbons (Fsp3) is 0.500. The van der Waals surface area contributed by atoms with Crippen LogP contribution >= 0.6 is 12.4 Å². The number of nitro benzene ring substituents is 1. The normalized spacial score (nSPS) is 10.5. The van der Waals surface area contributed by atoms with Gasteiger partial charge in [0.15, 0.2) is 5.75 Å². The van der Waals surface area contributed by atoms with Crippen LogP contribution < -0.4 is 15.8 Å². The van der Waals surface area contributed by atoms with Gasteiger partial charge in [-0.2, -0.15) is 0 Å². The number of hydrogen-bond acceptors (Lipinski definition) is 5. The van der Waals surface area contributed by atoms with E-state index in [1.54, 1.807) is 0 Å². The number of carbonyl (C=O) groups excluding carboxylic acids is 1. The summed E-state index contributed by atoms with van der Waals surface area (Å²) in [6.45, 7) is 4.27. The molecule has 0 spiro atoms. The molecule has 0 aliphatic heterocycles. The Labute approximate surface area is 135 Å². The summed E-state index contributed by atoms with van der Waals surface area (Å²) in [6.07, 6.45) is 1.49. The zero-order valence-corrected chi connectivity index (χ0v) is 13.7. The van der Waals surface area contributed by atoms with Gasteiger partial charge in [0.1, 0.15) is 0 Å². The number of ether oxygens (including phenoxy) is 1. The molecule has 0 heterocycles. The number of hydrogen-bond donors (Lipinski definition) is 2. The second-order valence-electron chi connectivity index (χ2n) is 4.90. The van der Waals surface area contributed by atoms with E-state index in [0.717, 1.165) is 12.8 Å². The highest BCUT2D eigenvalue weighted by atomic mass is 35.5. The Morgan fingerprint density at radius 2 is 2.00 bits per heavy atom. The van der Waals surface area contributed by atoms with Gasteiger partial charge in [0.05, 0.1) is 12.0 Å². The van der Waals surface area contributed by atoms with Crippen LogP contribution in [-0.4, -0.2) is 30.0 Å². The fourth-order valence-corrected chi connectivity index (χ4v) is 1.83. The molecule has 1 aromatic carbocycles. The van der Waals surface area contributed by atoms with Crippen LogP contribution in [0, 0.1) is 10.1 Å². The summed E-state index contributed by atoms with van der Waals surface area (Å²) in [5, 5.41) is 13.6. The summed E-state index contributed by atoms with van der Waals surface area (Å²) in [5.41, 5.74) is 5.79. The quantitative estimate of drug-likeness (QED) is 0.588. The SMILES string of the molecule is CCC(N)(CC)CNC(=O)c1ccc([N+](=O)[O-])c(OC)c1.Cl. The number of nitrogens with two attached hydrogens (primary N) is 1. The smallest absolute Gasteiger partial charge is 0.310 e. The Bertz CT molecular complexity index is 533. The van der Waals surface area contributed by atoms with Crippen LogP contribution in [0.15, 0.2) is 18.2 Å². The van der Waals surface area contributed by atoms with Gasteiger partial charge in [-0.1, -0.05) is 13.8 Å². The van der Waals surface area contributed by atoms with Crippen molar-refractivity contribution in [1.29, 1.82) is 0 Å². The van der Waals surface area contributed by atoms with Crippen LogP contribution in [-0.2, 0) is 0 Å². The molecule has 1 aromatic rings. The van der Waals surface area contributed by atoms with Gasteiger partial charge in [-0.3, -0.25) is 14.9 Å². The summed E-state index contributed by atoms with van der Waals surface area (Å²) in [7, 11) is 1.32. The predicted molar refractivity (Wildman–Crippen MR) is 86.7 cm³/mol. The van der Waals surface area contributed by atoms with E-state index in [1.807, 2.05) is 13.8 Å². The Kier molecular flexibility index (Phi) is 7.83. The van der Waals surface area contributed by atoms with Crippen molar-refractivity contribution >= 4 is 24.0 Å². The van der Waals surface area contributed by atoms with E-state index in [4.69, 9.17) is 10.5 Å². The minimum Gasteiger partial charge on any atom is -0.490 e. The maximum Gasteiger partial charge on any atom is 0.310 e. The predicted octanol–water partition coefficient (Wildman–Crippen LogP) is 2.27. The number of nitro groups is 1.